The molecule has 5 heteroatoms. The Morgan fingerprint density at radius 2 is 2.21 bits per heavy atom. The summed E-state index contributed by atoms with van der Waals surface area (Å²) < 4.78 is 0.737. The number of nitrogens with one attached hydrogen (secondary N) is 1. The van der Waals surface area contributed by atoms with Gasteiger partial charge in [0.1, 0.15) is 5.75 Å². The maximum atomic E-state index is 12.0. The van der Waals surface area contributed by atoms with Crippen LogP contribution in [0.15, 0.2) is 29.6 Å². The number of rotatable bonds is 4. The van der Waals surface area contributed by atoms with Gasteiger partial charge in [-0.1, -0.05) is 6.92 Å². The van der Waals surface area contributed by atoms with Crippen molar-refractivity contribution >= 4 is 39.8 Å². The molecule has 0 aliphatic carbocycles. The molecule has 0 atom stereocenters. The number of benzene rings is 1. The SMILES string of the molecule is CCc1ccsc1CNC(=O)c1ccc(I)c(O)c1. The van der Waals surface area contributed by atoms with Gasteiger partial charge in [-0.3, -0.25) is 4.79 Å². The van der Waals surface area contributed by atoms with E-state index in [9.17, 15) is 9.90 Å². The Labute approximate surface area is 129 Å². The Kier molecular flexibility index (Phi) is 4.81. The van der Waals surface area contributed by atoms with Gasteiger partial charge in [0.05, 0.1) is 10.1 Å². The fourth-order valence-corrected chi connectivity index (χ4v) is 3.00. The van der Waals surface area contributed by atoms with Crippen molar-refractivity contribution in [2.75, 3.05) is 0 Å². The molecule has 0 saturated heterocycles. The summed E-state index contributed by atoms with van der Waals surface area (Å²) in [4.78, 5) is 13.2. The molecule has 100 valence electrons. The average Bonchev–Trinajstić information content (AvgIpc) is 2.86. The van der Waals surface area contributed by atoms with Gasteiger partial charge in [-0.05, 0) is 64.2 Å². The van der Waals surface area contributed by atoms with Crippen molar-refractivity contribution in [3.05, 3.63) is 49.2 Å². The summed E-state index contributed by atoms with van der Waals surface area (Å²) in [5, 5.41) is 14.5. The fourth-order valence-electron chi connectivity index (χ4n) is 1.75. The maximum absolute atomic E-state index is 12.0. The van der Waals surface area contributed by atoms with Gasteiger partial charge in [-0.25, -0.2) is 0 Å². The van der Waals surface area contributed by atoms with Crippen molar-refractivity contribution < 1.29 is 9.90 Å². The van der Waals surface area contributed by atoms with E-state index >= 15 is 0 Å². The summed E-state index contributed by atoms with van der Waals surface area (Å²) in [6.07, 6.45) is 0.971. The zero-order chi connectivity index (χ0) is 13.8. The predicted octanol–water partition coefficient (Wildman–Crippen LogP) is 3.55. The number of amides is 1. The van der Waals surface area contributed by atoms with Gasteiger partial charge < -0.3 is 10.4 Å². The summed E-state index contributed by atoms with van der Waals surface area (Å²) >= 11 is 3.68. The van der Waals surface area contributed by atoms with Crippen LogP contribution in [0.1, 0.15) is 27.7 Å². The lowest BCUT2D eigenvalue weighted by Crippen LogP contribution is -2.22. The first-order valence-corrected chi connectivity index (χ1v) is 7.89. The number of aromatic hydroxyl groups is 1. The second-order valence-corrected chi connectivity index (χ2v) is 6.23. The number of carbonyl (C=O) groups is 1. The van der Waals surface area contributed by atoms with Gasteiger partial charge in [0.2, 0.25) is 0 Å². The first kappa shape index (κ1) is 14.3. The minimum absolute atomic E-state index is 0.138. The molecule has 0 aliphatic heterocycles. The lowest BCUT2D eigenvalue weighted by molar-refractivity contribution is 0.0951. The molecule has 1 amide bonds. The summed E-state index contributed by atoms with van der Waals surface area (Å²) in [5.41, 5.74) is 1.75. The molecule has 2 rings (SSSR count). The average molecular weight is 387 g/mol. The normalized spacial score (nSPS) is 10.4. The summed E-state index contributed by atoms with van der Waals surface area (Å²) in [6.45, 7) is 2.64. The monoisotopic (exact) mass is 387 g/mol. The zero-order valence-electron chi connectivity index (χ0n) is 10.4. The Bertz CT molecular complexity index is 595. The van der Waals surface area contributed by atoms with Crippen molar-refractivity contribution in [2.45, 2.75) is 19.9 Å². The summed E-state index contributed by atoms with van der Waals surface area (Å²) in [5.74, 6) is -0.0271. The zero-order valence-corrected chi connectivity index (χ0v) is 13.4. The Morgan fingerprint density at radius 1 is 1.42 bits per heavy atom. The first-order valence-electron chi connectivity index (χ1n) is 5.93. The van der Waals surface area contributed by atoms with Crippen molar-refractivity contribution in [1.29, 1.82) is 0 Å². The maximum Gasteiger partial charge on any atom is 0.251 e. The number of carbonyl (C=O) groups excluding carboxylic acids is 1. The van der Waals surface area contributed by atoms with Crippen LogP contribution in [0, 0.1) is 3.57 Å². The van der Waals surface area contributed by atoms with Crippen molar-refractivity contribution in [3.63, 3.8) is 0 Å². The van der Waals surface area contributed by atoms with Crippen LogP contribution in [-0.4, -0.2) is 11.0 Å². The van der Waals surface area contributed by atoms with Gasteiger partial charge in [0.25, 0.3) is 5.91 Å². The molecule has 0 fully saturated rings. The van der Waals surface area contributed by atoms with Crippen LogP contribution in [0.25, 0.3) is 0 Å². The number of aryl methyl sites for hydroxylation is 1. The third-order valence-electron chi connectivity index (χ3n) is 2.84. The van der Waals surface area contributed by atoms with Crippen LogP contribution >= 0.6 is 33.9 Å². The van der Waals surface area contributed by atoms with Crippen LogP contribution < -0.4 is 5.32 Å². The van der Waals surface area contributed by atoms with Crippen molar-refractivity contribution in [3.8, 4) is 5.75 Å². The van der Waals surface area contributed by atoms with E-state index in [2.05, 4.69) is 18.3 Å². The smallest absolute Gasteiger partial charge is 0.251 e. The number of halogens is 1. The van der Waals surface area contributed by atoms with Gasteiger partial charge in [-0.15, -0.1) is 11.3 Å². The van der Waals surface area contributed by atoms with E-state index in [1.165, 1.54) is 16.5 Å². The molecule has 0 spiro atoms. The fraction of sp³-hybridized carbons (Fsp3) is 0.214. The van der Waals surface area contributed by atoms with Crippen LogP contribution in [0.4, 0.5) is 0 Å². The number of hydrogen-bond donors (Lipinski definition) is 2. The topological polar surface area (TPSA) is 49.3 Å². The van der Waals surface area contributed by atoms with E-state index < -0.39 is 0 Å². The van der Waals surface area contributed by atoms with Gasteiger partial charge in [-0.2, -0.15) is 0 Å². The third kappa shape index (κ3) is 3.48. The third-order valence-corrected chi connectivity index (χ3v) is 4.71. The highest BCUT2D eigenvalue weighted by molar-refractivity contribution is 14.1. The van der Waals surface area contributed by atoms with E-state index in [0.29, 0.717) is 12.1 Å². The molecule has 3 nitrogen and oxygen atoms in total. The Balaban J connectivity index is 2.03. The highest BCUT2D eigenvalue weighted by Gasteiger charge is 2.09. The first-order chi connectivity index (χ1) is 9.11. The van der Waals surface area contributed by atoms with Crippen molar-refractivity contribution in [1.82, 2.24) is 5.32 Å². The van der Waals surface area contributed by atoms with E-state index in [-0.39, 0.29) is 11.7 Å². The van der Waals surface area contributed by atoms with Crippen LogP contribution in [-0.2, 0) is 13.0 Å². The Hall–Kier alpha value is -1.08. The highest BCUT2D eigenvalue weighted by Crippen LogP contribution is 2.21. The number of phenols is 1. The second kappa shape index (κ2) is 6.38. The molecule has 0 aliphatic rings. The Morgan fingerprint density at radius 3 is 2.89 bits per heavy atom. The number of phenolic OH excluding ortho intramolecular Hbond substituents is 1. The number of hydrogen-bond acceptors (Lipinski definition) is 3. The number of thiophene rings is 1. The highest BCUT2D eigenvalue weighted by atomic mass is 127. The molecule has 0 unspecified atom stereocenters. The lowest BCUT2D eigenvalue weighted by atomic mass is 10.2. The minimum atomic E-state index is -0.165. The predicted molar refractivity (Wildman–Crippen MR) is 85.7 cm³/mol. The second-order valence-electron chi connectivity index (χ2n) is 4.07. The molecule has 0 saturated carbocycles. The van der Waals surface area contributed by atoms with Gasteiger partial charge in [0.15, 0.2) is 0 Å². The van der Waals surface area contributed by atoms with Crippen LogP contribution in [0.5, 0.6) is 5.75 Å². The van der Waals surface area contributed by atoms with E-state index in [1.807, 2.05) is 28.0 Å². The van der Waals surface area contributed by atoms with Crippen LogP contribution in [0.2, 0.25) is 0 Å². The molecule has 0 bridgehead atoms. The van der Waals surface area contributed by atoms with E-state index in [0.717, 1.165) is 9.99 Å². The molecule has 1 aromatic heterocycles. The van der Waals surface area contributed by atoms with E-state index in [4.69, 9.17) is 0 Å². The van der Waals surface area contributed by atoms with Gasteiger partial charge in [0, 0.05) is 10.4 Å². The molecule has 2 aromatic rings. The van der Waals surface area contributed by atoms with Crippen LogP contribution in [0.3, 0.4) is 0 Å². The molecule has 19 heavy (non-hydrogen) atoms. The van der Waals surface area contributed by atoms with Gasteiger partial charge >= 0.3 is 0 Å². The molecular weight excluding hydrogens is 373 g/mol. The summed E-state index contributed by atoms with van der Waals surface area (Å²) in [6, 6.07) is 7.02. The molecule has 1 aromatic carbocycles. The van der Waals surface area contributed by atoms with Crippen molar-refractivity contribution in [2.24, 2.45) is 0 Å². The lowest BCUT2D eigenvalue weighted by Gasteiger charge is -2.06. The molecule has 2 N–H and O–H groups in total. The molecular formula is C14H14INO2S. The molecule has 0 radical (unpaired) electrons. The molecule has 1 heterocycles. The van der Waals surface area contributed by atoms with E-state index in [1.54, 1.807) is 23.5 Å². The quantitative estimate of drug-likeness (QED) is 0.789. The standard InChI is InChI=1S/C14H14INO2S/c1-2-9-5-6-19-13(9)8-16-14(18)10-3-4-11(15)12(17)7-10/h3-7,17H,2,8H2,1H3,(H,16,18). The summed E-state index contributed by atoms with van der Waals surface area (Å²) in [7, 11) is 0. The minimum Gasteiger partial charge on any atom is -0.507 e. The largest absolute Gasteiger partial charge is 0.507 e.